The summed E-state index contributed by atoms with van der Waals surface area (Å²) in [6.07, 6.45) is 5.35. The number of amides is 1. The van der Waals surface area contributed by atoms with Crippen LogP contribution in [0.5, 0.6) is 0 Å². The van der Waals surface area contributed by atoms with Crippen molar-refractivity contribution < 1.29 is 4.79 Å². The molecule has 0 bridgehead atoms. The highest BCUT2D eigenvalue weighted by molar-refractivity contribution is 6.30. The number of benzene rings is 1. The van der Waals surface area contributed by atoms with Crippen LogP contribution >= 0.6 is 11.6 Å². The van der Waals surface area contributed by atoms with E-state index < -0.39 is 0 Å². The van der Waals surface area contributed by atoms with E-state index in [0.29, 0.717) is 10.9 Å². The summed E-state index contributed by atoms with van der Waals surface area (Å²) in [5, 5.41) is 0.697. The lowest BCUT2D eigenvalue weighted by atomic mass is 9.86. The second-order valence-electron chi connectivity index (χ2n) is 5.20. The van der Waals surface area contributed by atoms with Crippen LogP contribution in [0.25, 0.3) is 0 Å². The van der Waals surface area contributed by atoms with Gasteiger partial charge in [0.15, 0.2) is 0 Å². The van der Waals surface area contributed by atoms with Crippen molar-refractivity contribution in [2.75, 3.05) is 4.90 Å². The van der Waals surface area contributed by atoms with Crippen molar-refractivity contribution in [2.45, 2.75) is 26.2 Å². The number of nitrogens with zero attached hydrogens (tertiary/aromatic N) is 1. The van der Waals surface area contributed by atoms with E-state index in [1.807, 2.05) is 30.5 Å². The van der Waals surface area contributed by atoms with Crippen LogP contribution in [0.15, 0.2) is 36.0 Å². The van der Waals surface area contributed by atoms with E-state index >= 15 is 0 Å². The predicted molar refractivity (Wildman–Crippen MR) is 73.5 cm³/mol. The van der Waals surface area contributed by atoms with Gasteiger partial charge in [0.1, 0.15) is 0 Å². The minimum Gasteiger partial charge on any atom is -0.288 e. The van der Waals surface area contributed by atoms with Crippen molar-refractivity contribution in [1.82, 2.24) is 0 Å². The van der Waals surface area contributed by atoms with Gasteiger partial charge in [0.25, 0.3) is 0 Å². The van der Waals surface area contributed by atoms with Gasteiger partial charge in [-0.25, -0.2) is 0 Å². The zero-order valence-electron chi connectivity index (χ0n) is 10.4. The lowest BCUT2D eigenvalue weighted by Gasteiger charge is -2.32. The quantitative estimate of drug-likeness (QED) is 0.748. The zero-order chi connectivity index (χ0) is 12.7. The topological polar surface area (TPSA) is 20.3 Å². The highest BCUT2D eigenvalue weighted by Crippen LogP contribution is 2.42. The lowest BCUT2D eigenvalue weighted by Crippen LogP contribution is -2.38. The fraction of sp³-hybridized carbons (Fsp3) is 0.400. The summed E-state index contributed by atoms with van der Waals surface area (Å²) in [6, 6.07) is 7.46. The molecule has 1 fully saturated rings. The average molecular weight is 262 g/mol. The fourth-order valence-electron chi connectivity index (χ4n) is 3.15. The van der Waals surface area contributed by atoms with Gasteiger partial charge in [-0.1, -0.05) is 23.6 Å². The Labute approximate surface area is 112 Å². The molecule has 0 aromatic heterocycles. The Balaban J connectivity index is 1.97. The number of halogens is 1. The maximum Gasteiger partial charge on any atom is 0.234 e. The summed E-state index contributed by atoms with van der Waals surface area (Å²) in [5.41, 5.74) is 2.24. The Kier molecular flexibility index (Phi) is 2.90. The molecular formula is C15H16ClNO. The summed E-state index contributed by atoms with van der Waals surface area (Å²) >= 11 is 5.89. The van der Waals surface area contributed by atoms with E-state index in [0.717, 1.165) is 18.5 Å². The van der Waals surface area contributed by atoms with Crippen LogP contribution in [-0.2, 0) is 4.79 Å². The molecule has 2 nitrogen and oxygen atoms in total. The third-order valence-electron chi connectivity index (χ3n) is 4.09. The second-order valence-corrected chi connectivity index (χ2v) is 5.64. The molecule has 3 heteroatoms. The normalized spacial score (nSPS) is 27.1. The SMILES string of the molecule is CC1=CN(c2ccc(Cl)cc2)C(=O)C2CCCC12. The van der Waals surface area contributed by atoms with Crippen LogP contribution in [-0.4, -0.2) is 5.91 Å². The second kappa shape index (κ2) is 4.43. The van der Waals surface area contributed by atoms with Gasteiger partial charge in [-0.3, -0.25) is 9.69 Å². The van der Waals surface area contributed by atoms with Crippen molar-refractivity contribution in [1.29, 1.82) is 0 Å². The highest BCUT2D eigenvalue weighted by Gasteiger charge is 2.39. The Bertz CT molecular complexity index is 506. The average Bonchev–Trinajstić information content (AvgIpc) is 2.85. The van der Waals surface area contributed by atoms with E-state index in [1.54, 1.807) is 4.90 Å². The van der Waals surface area contributed by atoms with Crippen LogP contribution in [0.4, 0.5) is 5.69 Å². The summed E-state index contributed by atoms with van der Waals surface area (Å²) in [4.78, 5) is 14.3. The molecule has 94 valence electrons. The summed E-state index contributed by atoms with van der Waals surface area (Å²) < 4.78 is 0. The minimum atomic E-state index is 0.186. The molecule has 2 unspecified atom stereocenters. The minimum absolute atomic E-state index is 0.186. The van der Waals surface area contributed by atoms with Crippen molar-refractivity contribution in [2.24, 2.45) is 11.8 Å². The smallest absolute Gasteiger partial charge is 0.234 e. The highest BCUT2D eigenvalue weighted by atomic mass is 35.5. The first-order valence-corrected chi connectivity index (χ1v) is 6.81. The van der Waals surface area contributed by atoms with Crippen molar-refractivity contribution >= 4 is 23.2 Å². The van der Waals surface area contributed by atoms with Gasteiger partial charge in [-0.05, 0) is 49.9 Å². The first kappa shape index (κ1) is 11.8. The van der Waals surface area contributed by atoms with Crippen LogP contribution in [0, 0.1) is 11.8 Å². The summed E-state index contributed by atoms with van der Waals surface area (Å²) in [7, 11) is 0. The molecule has 0 spiro atoms. The molecule has 1 aliphatic heterocycles. The summed E-state index contributed by atoms with van der Waals surface area (Å²) in [6.45, 7) is 2.14. The molecule has 1 saturated carbocycles. The molecule has 1 aromatic carbocycles. The molecule has 3 rings (SSSR count). The molecular weight excluding hydrogens is 246 g/mol. The van der Waals surface area contributed by atoms with Gasteiger partial charge >= 0.3 is 0 Å². The maximum atomic E-state index is 12.5. The Morgan fingerprint density at radius 3 is 2.56 bits per heavy atom. The molecule has 1 aliphatic carbocycles. The standard InChI is InChI=1S/C15H16ClNO/c1-10-9-17(12-7-5-11(16)6-8-12)15(18)14-4-2-3-13(10)14/h5-9,13-14H,2-4H2,1H3. The van der Waals surface area contributed by atoms with Crippen LogP contribution in [0.2, 0.25) is 5.02 Å². The molecule has 0 N–H and O–H groups in total. The Hall–Kier alpha value is -1.28. The molecule has 18 heavy (non-hydrogen) atoms. The van der Waals surface area contributed by atoms with Gasteiger partial charge in [-0.15, -0.1) is 0 Å². The molecule has 0 radical (unpaired) electrons. The van der Waals surface area contributed by atoms with Gasteiger partial charge in [-0.2, -0.15) is 0 Å². The Morgan fingerprint density at radius 2 is 1.83 bits per heavy atom. The maximum absolute atomic E-state index is 12.5. The first-order chi connectivity index (χ1) is 8.66. The zero-order valence-corrected chi connectivity index (χ0v) is 11.2. The molecule has 1 aromatic rings. The molecule has 0 saturated heterocycles. The van der Waals surface area contributed by atoms with Crippen molar-refractivity contribution in [3.05, 3.63) is 41.1 Å². The van der Waals surface area contributed by atoms with Crippen molar-refractivity contribution in [3.8, 4) is 0 Å². The number of carbonyl (C=O) groups excluding carboxylic acids is 1. The third kappa shape index (κ3) is 1.85. The number of rotatable bonds is 1. The molecule has 2 aliphatic rings. The molecule has 1 amide bonds. The van der Waals surface area contributed by atoms with Crippen LogP contribution in [0.1, 0.15) is 26.2 Å². The van der Waals surface area contributed by atoms with Crippen molar-refractivity contribution in [3.63, 3.8) is 0 Å². The Morgan fingerprint density at radius 1 is 1.17 bits per heavy atom. The number of allylic oxidation sites excluding steroid dienone is 1. The first-order valence-electron chi connectivity index (χ1n) is 6.44. The summed E-state index contributed by atoms with van der Waals surface area (Å²) in [5.74, 6) is 0.900. The number of carbonyl (C=O) groups is 1. The predicted octanol–water partition coefficient (Wildman–Crippen LogP) is 4.01. The van der Waals surface area contributed by atoms with Gasteiger partial charge in [0.05, 0.1) is 0 Å². The monoisotopic (exact) mass is 261 g/mol. The van der Waals surface area contributed by atoms with Crippen LogP contribution in [0.3, 0.4) is 0 Å². The van der Waals surface area contributed by atoms with Gasteiger partial charge < -0.3 is 0 Å². The molecule has 1 heterocycles. The van der Waals surface area contributed by atoms with E-state index in [4.69, 9.17) is 11.6 Å². The number of anilines is 1. The number of fused-ring (bicyclic) bond motifs is 1. The van der Waals surface area contributed by atoms with E-state index in [2.05, 4.69) is 6.92 Å². The van der Waals surface area contributed by atoms with E-state index in [1.165, 1.54) is 12.0 Å². The number of hydrogen-bond acceptors (Lipinski definition) is 1. The largest absolute Gasteiger partial charge is 0.288 e. The lowest BCUT2D eigenvalue weighted by molar-refractivity contribution is -0.122. The number of hydrogen-bond donors (Lipinski definition) is 0. The van der Waals surface area contributed by atoms with Gasteiger partial charge in [0, 0.05) is 22.8 Å². The van der Waals surface area contributed by atoms with E-state index in [-0.39, 0.29) is 11.8 Å². The van der Waals surface area contributed by atoms with E-state index in [9.17, 15) is 4.79 Å². The fourth-order valence-corrected chi connectivity index (χ4v) is 3.27. The van der Waals surface area contributed by atoms with Crippen LogP contribution < -0.4 is 4.90 Å². The molecule has 2 atom stereocenters. The third-order valence-corrected chi connectivity index (χ3v) is 4.34. The van der Waals surface area contributed by atoms with Gasteiger partial charge in [0.2, 0.25) is 5.91 Å².